The molecule has 2 aromatic carbocycles. The Morgan fingerprint density at radius 2 is 1.67 bits per heavy atom. The summed E-state index contributed by atoms with van der Waals surface area (Å²) >= 11 is 6.33. The van der Waals surface area contributed by atoms with Crippen molar-refractivity contribution in [2.75, 3.05) is 43.0 Å². The molecule has 30 heavy (non-hydrogen) atoms. The van der Waals surface area contributed by atoms with Crippen LogP contribution >= 0.6 is 11.6 Å². The molecule has 0 N–H and O–H groups in total. The van der Waals surface area contributed by atoms with Crippen molar-refractivity contribution >= 4 is 40.1 Å². The molecule has 152 valence electrons. The quantitative estimate of drug-likeness (QED) is 0.484. The van der Waals surface area contributed by atoms with Crippen LogP contribution in [-0.2, 0) is 0 Å². The molecule has 7 heteroatoms. The van der Waals surface area contributed by atoms with Gasteiger partial charge in [-0.15, -0.1) is 0 Å². The lowest BCUT2D eigenvalue weighted by Gasteiger charge is -2.34. The minimum Gasteiger partial charge on any atom is -0.369 e. The summed E-state index contributed by atoms with van der Waals surface area (Å²) in [6, 6.07) is 20.4. The molecule has 0 saturated carbocycles. The molecular formula is C23H23ClN6. The van der Waals surface area contributed by atoms with Gasteiger partial charge >= 0.3 is 0 Å². The van der Waals surface area contributed by atoms with Crippen molar-refractivity contribution in [2.24, 2.45) is 0 Å². The van der Waals surface area contributed by atoms with Crippen molar-refractivity contribution < 1.29 is 0 Å². The van der Waals surface area contributed by atoms with E-state index in [2.05, 4.69) is 62.2 Å². The maximum atomic E-state index is 6.33. The van der Waals surface area contributed by atoms with Crippen molar-refractivity contribution in [1.82, 2.24) is 19.5 Å². The molecule has 3 heterocycles. The second-order valence-electron chi connectivity index (χ2n) is 7.53. The molecule has 4 aromatic rings. The van der Waals surface area contributed by atoms with Gasteiger partial charge in [0.15, 0.2) is 5.65 Å². The molecule has 1 aliphatic rings. The van der Waals surface area contributed by atoms with Crippen LogP contribution in [0.3, 0.4) is 0 Å². The van der Waals surface area contributed by atoms with Crippen LogP contribution in [0.15, 0.2) is 73.1 Å². The van der Waals surface area contributed by atoms with Gasteiger partial charge in [0.05, 0.1) is 6.20 Å². The summed E-state index contributed by atoms with van der Waals surface area (Å²) < 4.78 is 1.84. The summed E-state index contributed by atoms with van der Waals surface area (Å²) in [6.45, 7) is 4.27. The Hall–Kier alpha value is -3.09. The van der Waals surface area contributed by atoms with Crippen molar-refractivity contribution in [3.8, 4) is 0 Å². The van der Waals surface area contributed by atoms with E-state index in [-0.39, 0.29) is 0 Å². The maximum absolute atomic E-state index is 6.33. The topological polar surface area (TPSA) is 39.9 Å². The number of likely N-dealkylation sites (N-methyl/N-ethyl adjacent to an activating group) is 1. The van der Waals surface area contributed by atoms with E-state index in [1.807, 2.05) is 41.0 Å². The molecule has 0 bridgehead atoms. The van der Waals surface area contributed by atoms with Gasteiger partial charge in [0.2, 0.25) is 0 Å². The summed E-state index contributed by atoms with van der Waals surface area (Å²) in [5.41, 5.74) is 4.06. The fourth-order valence-electron chi connectivity index (χ4n) is 3.90. The Balaban J connectivity index is 1.56. The van der Waals surface area contributed by atoms with E-state index < -0.39 is 0 Å². The zero-order valence-corrected chi connectivity index (χ0v) is 17.6. The highest BCUT2D eigenvalue weighted by Crippen LogP contribution is 2.36. The number of halogens is 1. The van der Waals surface area contributed by atoms with E-state index in [0.29, 0.717) is 5.02 Å². The van der Waals surface area contributed by atoms with E-state index in [1.54, 1.807) is 6.20 Å². The predicted octanol–water partition coefficient (Wildman–Crippen LogP) is 4.60. The number of nitrogens with zero attached hydrogens (tertiary/aromatic N) is 6. The predicted molar refractivity (Wildman–Crippen MR) is 122 cm³/mol. The van der Waals surface area contributed by atoms with Gasteiger partial charge in [-0.05, 0) is 55.6 Å². The van der Waals surface area contributed by atoms with Crippen LogP contribution in [0.4, 0.5) is 22.9 Å². The van der Waals surface area contributed by atoms with Crippen LogP contribution in [0.5, 0.6) is 0 Å². The average Bonchev–Trinajstić information content (AvgIpc) is 3.25. The fraction of sp³-hybridized carbons (Fsp3) is 0.217. The third kappa shape index (κ3) is 3.60. The van der Waals surface area contributed by atoms with Gasteiger partial charge in [-0.1, -0.05) is 17.7 Å². The van der Waals surface area contributed by atoms with Crippen LogP contribution in [0.25, 0.3) is 5.65 Å². The number of benzene rings is 2. The highest BCUT2D eigenvalue weighted by molar-refractivity contribution is 6.30. The van der Waals surface area contributed by atoms with Gasteiger partial charge in [0.25, 0.3) is 0 Å². The summed E-state index contributed by atoms with van der Waals surface area (Å²) in [6.07, 6.45) is 3.57. The Labute approximate surface area is 180 Å². The number of aromatic nitrogens is 3. The smallest absolute Gasteiger partial charge is 0.157 e. The van der Waals surface area contributed by atoms with E-state index in [1.165, 1.54) is 5.69 Å². The standard InChI is InChI=1S/C23H23ClN6/c1-27-13-15-28(16-14-27)19-5-7-20(8-6-19)29(21-4-2-3-18(24)17-21)23-10-11-25-22-9-12-26-30(22)23/h2-12,17H,13-16H2,1H3. The van der Waals surface area contributed by atoms with Crippen molar-refractivity contribution in [2.45, 2.75) is 0 Å². The lowest BCUT2D eigenvalue weighted by molar-refractivity contribution is 0.313. The molecular weight excluding hydrogens is 396 g/mol. The summed E-state index contributed by atoms with van der Waals surface area (Å²) in [4.78, 5) is 11.4. The largest absolute Gasteiger partial charge is 0.369 e. The molecule has 0 amide bonds. The second kappa shape index (κ2) is 7.97. The summed E-state index contributed by atoms with van der Waals surface area (Å²) in [5.74, 6) is 0.902. The van der Waals surface area contributed by atoms with Crippen LogP contribution in [0, 0.1) is 0 Å². The first-order valence-corrected chi connectivity index (χ1v) is 10.4. The Morgan fingerprint density at radius 1 is 0.867 bits per heavy atom. The number of rotatable bonds is 4. The highest BCUT2D eigenvalue weighted by Gasteiger charge is 2.18. The number of anilines is 4. The molecule has 0 aliphatic carbocycles. The van der Waals surface area contributed by atoms with E-state index in [0.717, 1.165) is 49.0 Å². The lowest BCUT2D eigenvalue weighted by atomic mass is 10.2. The van der Waals surface area contributed by atoms with E-state index in [9.17, 15) is 0 Å². The van der Waals surface area contributed by atoms with Crippen LogP contribution in [0.1, 0.15) is 0 Å². The van der Waals surface area contributed by atoms with E-state index >= 15 is 0 Å². The molecule has 1 fully saturated rings. The van der Waals surface area contributed by atoms with Gasteiger partial charge in [-0.2, -0.15) is 9.61 Å². The molecule has 1 saturated heterocycles. The molecule has 0 atom stereocenters. The van der Waals surface area contributed by atoms with Gasteiger partial charge in [-0.25, -0.2) is 4.98 Å². The fourth-order valence-corrected chi connectivity index (χ4v) is 4.08. The molecule has 2 aromatic heterocycles. The van der Waals surface area contributed by atoms with Crippen molar-refractivity contribution in [3.63, 3.8) is 0 Å². The first-order chi connectivity index (χ1) is 14.7. The minimum absolute atomic E-state index is 0.692. The molecule has 0 spiro atoms. The lowest BCUT2D eigenvalue weighted by Crippen LogP contribution is -2.44. The normalized spacial score (nSPS) is 14.9. The van der Waals surface area contributed by atoms with Gasteiger partial charge in [0.1, 0.15) is 5.82 Å². The molecule has 1 aliphatic heterocycles. The monoisotopic (exact) mass is 418 g/mol. The molecule has 5 rings (SSSR count). The Kier molecular flexibility index (Phi) is 5.02. The number of hydrogen-bond donors (Lipinski definition) is 0. The van der Waals surface area contributed by atoms with Crippen LogP contribution < -0.4 is 9.80 Å². The zero-order chi connectivity index (χ0) is 20.5. The number of hydrogen-bond acceptors (Lipinski definition) is 5. The van der Waals surface area contributed by atoms with Gasteiger partial charge in [-0.3, -0.25) is 4.90 Å². The number of piperazine rings is 1. The van der Waals surface area contributed by atoms with Gasteiger partial charge < -0.3 is 9.80 Å². The number of fused-ring (bicyclic) bond motifs is 1. The SMILES string of the molecule is CN1CCN(c2ccc(N(c3cccc(Cl)c3)c3ccnc4ccnn34)cc2)CC1. The first-order valence-electron chi connectivity index (χ1n) is 10.1. The first kappa shape index (κ1) is 18.9. The van der Waals surface area contributed by atoms with Gasteiger partial charge in [0, 0.05) is 60.5 Å². The Morgan fingerprint density at radius 3 is 2.43 bits per heavy atom. The Bertz CT molecular complexity index is 1150. The van der Waals surface area contributed by atoms with Crippen molar-refractivity contribution in [1.29, 1.82) is 0 Å². The molecule has 0 unspecified atom stereocenters. The third-order valence-corrected chi connectivity index (χ3v) is 5.78. The van der Waals surface area contributed by atoms with Crippen LogP contribution in [0.2, 0.25) is 5.02 Å². The highest BCUT2D eigenvalue weighted by atomic mass is 35.5. The zero-order valence-electron chi connectivity index (χ0n) is 16.8. The van der Waals surface area contributed by atoms with E-state index in [4.69, 9.17) is 11.6 Å². The molecule has 6 nitrogen and oxygen atoms in total. The molecule has 0 radical (unpaired) electrons. The second-order valence-corrected chi connectivity index (χ2v) is 7.96. The summed E-state index contributed by atoms with van der Waals surface area (Å²) in [7, 11) is 2.17. The minimum atomic E-state index is 0.692. The average molecular weight is 419 g/mol. The van der Waals surface area contributed by atoms with Crippen molar-refractivity contribution in [3.05, 3.63) is 78.1 Å². The van der Waals surface area contributed by atoms with Crippen LogP contribution in [-0.4, -0.2) is 52.7 Å². The third-order valence-electron chi connectivity index (χ3n) is 5.54. The maximum Gasteiger partial charge on any atom is 0.157 e. The summed E-state index contributed by atoms with van der Waals surface area (Å²) in [5, 5.41) is 5.17.